The van der Waals surface area contributed by atoms with Crippen molar-refractivity contribution in [2.75, 3.05) is 12.9 Å². The molecule has 0 saturated carbocycles. The van der Waals surface area contributed by atoms with E-state index in [1.807, 2.05) is 0 Å². The van der Waals surface area contributed by atoms with Crippen molar-refractivity contribution in [2.24, 2.45) is 0 Å². The topological polar surface area (TPSA) is 32.3 Å². The van der Waals surface area contributed by atoms with Crippen molar-refractivity contribution in [1.29, 1.82) is 0 Å². The van der Waals surface area contributed by atoms with E-state index < -0.39 is 0 Å². The summed E-state index contributed by atoms with van der Waals surface area (Å²) in [6, 6.07) is 9.49. The average molecular weight is 253 g/mol. The van der Waals surface area contributed by atoms with Gasteiger partial charge in [0.15, 0.2) is 0 Å². The Labute approximate surface area is 109 Å². The first-order valence-corrected chi connectivity index (χ1v) is 7.40. The van der Waals surface area contributed by atoms with E-state index in [0.717, 1.165) is 12.8 Å². The lowest BCUT2D eigenvalue weighted by molar-refractivity contribution is 0.274. The quantitative estimate of drug-likeness (QED) is 0.732. The van der Waals surface area contributed by atoms with Gasteiger partial charge in [-0.15, -0.1) is 11.8 Å². The second-order valence-corrected chi connectivity index (χ2v) is 5.31. The molecule has 2 unspecified atom stereocenters. The van der Waals surface area contributed by atoms with E-state index in [0.29, 0.717) is 12.1 Å². The highest BCUT2D eigenvalue weighted by atomic mass is 32.2. The van der Waals surface area contributed by atoms with Gasteiger partial charge in [-0.25, -0.2) is 0 Å². The first kappa shape index (κ1) is 14.6. The van der Waals surface area contributed by atoms with Crippen LogP contribution >= 0.6 is 11.8 Å². The van der Waals surface area contributed by atoms with E-state index in [2.05, 4.69) is 49.7 Å². The molecule has 1 aromatic carbocycles. The van der Waals surface area contributed by atoms with Crippen LogP contribution in [-0.2, 0) is 0 Å². The summed E-state index contributed by atoms with van der Waals surface area (Å²) in [5, 5.41) is 12.3. The van der Waals surface area contributed by atoms with E-state index in [4.69, 9.17) is 5.11 Å². The molecule has 1 rings (SSSR count). The van der Waals surface area contributed by atoms with Gasteiger partial charge in [0.05, 0.1) is 0 Å². The number of thioether (sulfide) groups is 1. The van der Waals surface area contributed by atoms with Crippen molar-refractivity contribution in [1.82, 2.24) is 5.32 Å². The minimum Gasteiger partial charge on any atom is -0.396 e. The van der Waals surface area contributed by atoms with E-state index in [-0.39, 0.29) is 6.61 Å². The van der Waals surface area contributed by atoms with Crippen LogP contribution in [0.4, 0.5) is 0 Å². The molecular weight excluding hydrogens is 230 g/mol. The summed E-state index contributed by atoms with van der Waals surface area (Å²) in [7, 11) is 0. The Hall–Kier alpha value is -0.510. The summed E-state index contributed by atoms with van der Waals surface area (Å²) in [6.45, 7) is 4.63. The lowest BCUT2D eigenvalue weighted by Crippen LogP contribution is -2.29. The van der Waals surface area contributed by atoms with E-state index in [1.54, 1.807) is 11.8 Å². The molecule has 0 spiro atoms. The molecule has 0 saturated heterocycles. The van der Waals surface area contributed by atoms with Crippen molar-refractivity contribution in [3.05, 3.63) is 29.8 Å². The van der Waals surface area contributed by atoms with Crippen LogP contribution in [0.3, 0.4) is 0 Å². The number of nitrogens with one attached hydrogen (secondary N) is 1. The van der Waals surface area contributed by atoms with Crippen molar-refractivity contribution in [3.8, 4) is 0 Å². The molecule has 2 atom stereocenters. The largest absolute Gasteiger partial charge is 0.396 e. The molecule has 1 aromatic rings. The molecule has 0 amide bonds. The highest BCUT2D eigenvalue weighted by Gasteiger charge is 2.08. The number of aliphatic hydroxyl groups is 1. The summed E-state index contributed by atoms with van der Waals surface area (Å²) in [5.41, 5.74) is 1.32. The van der Waals surface area contributed by atoms with Crippen LogP contribution in [0.5, 0.6) is 0 Å². The third-order valence-electron chi connectivity index (χ3n) is 2.95. The normalized spacial score (nSPS) is 14.6. The maximum Gasteiger partial charge on any atom is 0.0431 e. The highest BCUT2D eigenvalue weighted by Crippen LogP contribution is 2.19. The van der Waals surface area contributed by atoms with Crippen LogP contribution in [0.2, 0.25) is 0 Å². The summed E-state index contributed by atoms with van der Waals surface area (Å²) < 4.78 is 0. The number of benzene rings is 1. The summed E-state index contributed by atoms with van der Waals surface area (Å²) >= 11 is 1.77. The van der Waals surface area contributed by atoms with Crippen LogP contribution in [-0.4, -0.2) is 24.0 Å². The predicted octanol–water partition coefficient (Wildman–Crippen LogP) is 3.22. The molecule has 0 aliphatic heterocycles. The van der Waals surface area contributed by atoms with Crippen LogP contribution in [0.25, 0.3) is 0 Å². The molecule has 2 nitrogen and oxygen atoms in total. The maximum atomic E-state index is 8.79. The van der Waals surface area contributed by atoms with Gasteiger partial charge in [-0.1, -0.05) is 12.1 Å². The van der Waals surface area contributed by atoms with E-state index in [9.17, 15) is 0 Å². The van der Waals surface area contributed by atoms with Gasteiger partial charge in [-0.3, -0.25) is 0 Å². The standard InChI is InChI=1S/C14H23NOS/c1-11(5-4-10-16)15-12(2)13-6-8-14(17-3)9-7-13/h6-9,11-12,15-16H,4-5,10H2,1-3H3. The molecule has 96 valence electrons. The van der Waals surface area contributed by atoms with Gasteiger partial charge in [0.1, 0.15) is 0 Å². The number of aliphatic hydroxyl groups excluding tert-OH is 1. The molecule has 0 radical (unpaired) electrons. The van der Waals surface area contributed by atoms with Crippen LogP contribution in [0, 0.1) is 0 Å². The average Bonchev–Trinajstić information content (AvgIpc) is 2.36. The Bertz CT molecular complexity index is 313. The Kier molecular flexibility index (Phi) is 6.63. The minimum atomic E-state index is 0.281. The van der Waals surface area contributed by atoms with Gasteiger partial charge < -0.3 is 10.4 Å². The van der Waals surface area contributed by atoms with Crippen molar-refractivity contribution in [3.63, 3.8) is 0 Å². The van der Waals surface area contributed by atoms with Crippen LogP contribution < -0.4 is 5.32 Å². The van der Waals surface area contributed by atoms with Gasteiger partial charge in [0, 0.05) is 23.6 Å². The second-order valence-electron chi connectivity index (χ2n) is 4.43. The first-order valence-electron chi connectivity index (χ1n) is 6.18. The summed E-state index contributed by atoms with van der Waals surface area (Å²) in [5.74, 6) is 0. The lowest BCUT2D eigenvalue weighted by atomic mass is 10.1. The summed E-state index contributed by atoms with van der Waals surface area (Å²) in [6.07, 6.45) is 3.98. The minimum absolute atomic E-state index is 0.281. The molecule has 0 aliphatic carbocycles. The van der Waals surface area contributed by atoms with Crippen molar-refractivity contribution < 1.29 is 5.11 Å². The fourth-order valence-corrected chi connectivity index (χ4v) is 2.30. The molecule has 0 bridgehead atoms. The lowest BCUT2D eigenvalue weighted by Gasteiger charge is -2.20. The van der Waals surface area contributed by atoms with Crippen LogP contribution in [0.15, 0.2) is 29.2 Å². The zero-order chi connectivity index (χ0) is 12.7. The third-order valence-corrected chi connectivity index (χ3v) is 3.69. The Morgan fingerprint density at radius 2 is 1.88 bits per heavy atom. The summed E-state index contributed by atoms with van der Waals surface area (Å²) in [4.78, 5) is 1.30. The molecule has 17 heavy (non-hydrogen) atoms. The molecule has 2 N–H and O–H groups in total. The SMILES string of the molecule is CSc1ccc(C(C)NC(C)CCCO)cc1. The van der Waals surface area contributed by atoms with Gasteiger partial charge >= 0.3 is 0 Å². The fraction of sp³-hybridized carbons (Fsp3) is 0.571. The monoisotopic (exact) mass is 253 g/mol. The molecular formula is C14H23NOS. The molecule has 3 heteroatoms. The maximum absolute atomic E-state index is 8.79. The van der Waals surface area contributed by atoms with Crippen molar-refractivity contribution >= 4 is 11.8 Å². The molecule has 0 fully saturated rings. The van der Waals surface area contributed by atoms with Crippen LogP contribution in [0.1, 0.15) is 38.3 Å². The van der Waals surface area contributed by atoms with Gasteiger partial charge in [-0.2, -0.15) is 0 Å². The van der Waals surface area contributed by atoms with E-state index >= 15 is 0 Å². The van der Waals surface area contributed by atoms with Gasteiger partial charge in [-0.05, 0) is 50.6 Å². The van der Waals surface area contributed by atoms with Crippen molar-refractivity contribution in [2.45, 2.75) is 43.7 Å². The predicted molar refractivity (Wildman–Crippen MR) is 75.6 cm³/mol. The Morgan fingerprint density at radius 3 is 2.41 bits per heavy atom. The van der Waals surface area contributed by atoms with E-state index in [1.165, 1.54) is 10.5 Å². The highest BCUT2D eigenvalue weighted by molar-refractivity contribution is 7.98. The number of hydrogen-bond donors (Lipinski definition) is 2. The Balaban J connectivity index is 2.47. The molecule has 0 heterocycles. The third kappa shape index (κ3) is 5.11. The molecule has 0 aromatic heterocycles. The number of rotatable bonds is 7. The number of hydrogen-bond acceptors (Lipinski definition) is 3. The Morgan fingerprint density at radius 1 is 1.24 bits per heavy atom. The smallest absolute Gasteiger partial charge is 0.0431 e. The van der Waals surface area contributed by atoms with Gasteiger partial charge in [0.25, 0.3) is 0 Å². The zero-order valence-electron chi connectivity index (χ0n) is 10.9. The van der Waals surface area contributed by atoms with Gasteiger partial charge in [0.2, 0.25) is 0 Å². The first-order chi connectivity index (χ1) is 8.17. The zero-order valence-corrected chi connectivity index (χ0v) is 11.8. The molecule has 0 aliphatic rings. The second kappa shape index (κ2) is 7.75. The fourth-order valence-electron chi connectivity index (χ4n) is 1.90.